The molecule has 1 aliphatic heterocycles. The fourth-order valence-electron chi connectivity index (χ4n) is 5.13. The van der Waals surface area contributed by atoms with Crippen molar-refractivity contribution in [2.24, 2.45) is 0 Å². The highest BCUT2D eigenvalue weighted by atomic mass is 32.2. The summed E-state index contributed by atoms with van der Waals surface area (Å²) in [6.45, 7) is 1.42. The van der Waals surface area contributed by atoms with E-state index in [0.29, 0.717) is 11.7 Å². The van der Waals surface area contributed by atoms with Crippen LogP contribution in [0.3, 0.4) is 0 Å². The zero-order valence-electron chi connectivity index (χ0n) is 19.5. The van der Waals surface area contributed by atoms with Gasteiger partial charge in [0.25, 0.3) is 0 Å². The maximum absolute atomic E-state index is 13.1. The first kappa shape index (κ1) is 22.9. The van der Waals surface area contributed by atoms with Gasteiger partial charge < -0.3 is 14.6 Å². The third kappa shape index (κ3) is 4.32. The summed E-state index contributed by atoms with van der Waals surface area (Å²) in [5, 5.41) is 20.6. The Balaban J connectivity index is 1.39. The van der Waals surface area contributed by atoms with Gasteiger partial charge in [0.05, 0.1) is 24.5 Å². The maximum Gasteiger partial charge on any atom is 0.234 e. The van der Waals surface area contributed by atoms with Gasteiger partial charge in [-0.3, -0.25) is 9.36 Å². The van der Waals surface area contributed by atoms with Crippen molar-refractivity contribution < 1.29 is 9.53 Å². The van der Waals surface area contributed by atoms with Gasteiger partial charge in [0, 0.05) is 36.3 Å². The Kier molecular flexibility index (Phi) is 6.61. The molecule has 2 fully saturated rings. The summed E-state index contributed by atoms with van der Waals surface area (Å²) in [5.74, 6) is 0.947. The van der Waals surface area contributed by atoms with Gasteiger partial charge in [0.2, 0.25) is 5.91 Å². The molecule has 0 spiro atoms. The lowest BCUT2D eigenvalue weighted by Crippen LogP contribution is -2.50. The van der Waals surface area contributed by atoms with E-state index < -0.39 is 5.54 Å². The highest BCUT2D eigenvalue weighted by Crippen LogP contribution is 2.34. The number of H-pyrrole nitrogens is 1. The number of rotatable bonds is 7. The average Bonchev–Trinajstić information content (AvgIpc) is 3.63. The molecular weight excluding hydrogens is 448 g/mol. The van der Waals surface area contributed by atoms with E-state index in [1.807, 2.05) is 24.4 Å². The Morgan fingerprint density at radius 2 is 2.12 bits per heavy atom. The molecule has 2 aliphatic rings. The van der Waals surface area contributed by atoms with Gasteiger partial charge in [0.1, 0.15) is 5.54 Å². The van der Waals surface area contributed by atoms with Gasteiger partial charge in [0.15, 0.2) is 11.0 Å². The Bertz CT molecular complexity index is 1200. The first-order valence-electron chi connectivity index (χ1n) is 12.0. The number of carbonyl (C=O) groups is 1. The Morgan fingerprint density at radius 3 is 2.88 bits per heavy atom. The van der Waals surface area contributed by atoms with Crippen LogP contribution in [0.15, 0.2) is 35.6 Å². The van der Waals surface area contributed by atoms with Crippen LogP contribution in [0.25, 0.3) is 22.3 Å². The summed E-state index contributed by atoms with van der Waals surface area (Å²) in [7, 11) is 1.77. The Labute approximate surface area is 203 Å². The quantitative estimate of drug-likeness (QED) is 0.506. The van der Waals surface area contributed by atoms with Crippen LogP contribution in [-0.2, 0) is 16.1 Å². The van der Waals surface area contributed by atoms with Crippen LogP contribution in [-0.4, -0.2) is 61.6 Å². The molecule has 9 heteroatoms. The second-order valence-corrected chi connectivity index (χ2v) is 10.2. The van der Waals surface area contributed by atoms with E-state index in [0.717, 1.165) is 73.8 Å². The summed E-state index contributed by atoms with van der Waals surface area (Å²) in [6, 6.07) is 10.6. The third-order valence-electron chi connectivity index (χ3n) is 7.19. The van der Waals surface area contributed by atoms with Gasteiger partial charge in [-0.15, -0.1) is 10.2 Å². The topological polar surface area (TPSA) is 99.8 Å². The summed E-state index contributed by atoms with van der Waals surface area (Å²) in [6.07, 6.45) is 8.73. The van der Waals surface area contributed by atoms with Gasteiger partial charge in [-0.05, 0) is 31.7 Å². The number of nitrogens with one attached hydrogen (secondary N) is 1. The van der Waals surface area contributed by atoms with E-state index in [1.165, 1.54) is 11.8 Å². The van der Waals surface area contributed by atoms with Crippen LogP contribution in [0.1, 0.15) is 44.9 Å². The van der Waals surface area contributed by atoms with Crippen molar-refractivity contribution in [2.75, 3.05) is 19.4 Å². The molecule has 8 nitrogen and oxygen atoms in total. The summed E-state index contributed by atoms with van der Waals surface area (Å²) >= 11 is 1.39. The first-order valence-corrected chi connectivity index (χ1v) is 13.0. The van der Waals surface area contributed by atoms with Crippen LogP contribution in [0.2, 0.25) is 0 Å². The van der Waals surface area contributed by atoms with Gasteiger partial charge in [-0.2, -0.15) is 5.26 Å². The molecule has 1 N–H and O–H groups in total. The SMILES string of the molecule is CN(C(=O)CSc1nnc(-c2c[nH]c3ccccc23)n1CC1CCCO1)C1(C#N)CCCCC1. The van der Waals surface area contributed by atoms with Gasteiger partial charge >= 0.3 is 0 Å². The molecule has 3 aromatic rings. The number of fused-ring (bicyclic) bond motifs is 1. The minimum atomic E-state index is -0.684. The number of amides is 1. The number of hydrogen-bond acceptors (Lipinski definition) is 6. The van der Waals surface area contributed by atoms with Crippen molar-refractivity contribution in [1.82, 2.24) is 24.6 Å². The lowest BCUT2D eigenvalue weighted by atomic mass is 9.81. The van der Waals surface area contributed by atoms with E-state index in [1.54, 1.807) is 11.9 Å². The van der Waals surface area contributed by atoms with E-state index in [4.69, 9.17) is 4.74 Å². The smallest absolute Gasteiger partial charge is 0.234 e. The van der Waals surface area contributed by atoms with Gasteiger partial charge in [-0.25, -0.2) is 0 Å². The highest BCUT2D eigenvalue weighted by Gasteiger charge is 2.38. The number of hydrogen-bond donors (Lipinski definition) is 1. The van der Waals surface area contributed by atoms with Crippen LogP contribution < -0.4 is 0 Å². The minimum Gasteiger partial charge on any atom is -0.376 e. The summed E-state index contributed by atoms with van der Waals surface area (Å²) < 4.78 is 7.99. The number of nitriles is 1. The molecule has 0 radical (unpaired) electrons. The second kappa shape index (κ2) is 9.80. The molecule has 34 heavy (non-hydrogen) atoms. The number of para-hydroxylation sites is 1. The zero-order chi connectivity index (χ0) is 23.5. The third-order valence-corrected chi connectivity index (χ3v) is 8.14. The number of ether oxygens (including phenoxy) is 1. The van der Waals surface area contributed by atoms with Crippen LogP contribution in [0, 0.1) is 11.3 Å². The maximum atomic E-state index is 13.1. The van der Waals surface area contributed by atoms with E-state index in [9.17, 15) is 10.1 Å². The highest BCUT2D eigenvalue weighted by molar-refractivity contribution is 7.99. The molecule has 1 saturated carbocycles. The first-order chi connectivity index (χ1) is 16.6. The van der Waals surface area contributed by atoms with E-state index in [2.05, 4.69) is 31.9 Å². The number of aromatic nitrogens is 4. The fraction of sp³-hybridized carbons (Fsp3) is 0.520. The number of thioether (sulfide) groups is 1. The lowest BCUT2D eigenvalue weighted by molar-refractivity contribution is -0.131. The molecule has 1 aliphatic carbocycles. The number of aromatic amines is 1. The molecule has 1 amide bonds. The van der Waals surface area contributed by atoms with Crippen molar-refractivity contribution in [3.63, 3.8) is 0 Å². The Morgan fingerprint density at radius 1 is 1.29 bits per heavy atom. The summed E-state index contributed by atoms with van der Waals surface area (Å²) in [5.41, 5.74) is 1.35. The minimum absolute atomic E-state index is 0.0474. The second-order valence-electron chi connectivity index (χ2n) is 9.25. The Hall–Kier alpha value is -2.83. The molecule has 5 rings (SSSR count). The normalized spacial score (nSPS) is 19.8. The molecule has 1 atom stereocenters. The largest absolute Gasteiger partial charge is 0.376 e. The molecule has 1 saturated heterocycles. The predicted molar refractivity (Wildman–Crippen MR) is 131 cm³/mol. The summed E-state index contributed by atoms with van der Waals surface area (Å²) in [4.78, 5) is 18.1. The van der Waals surface area contributed by atoms with Crippen molar-refractivity contribution in [1.29, 1.82) is 5.26 Å². The standard InChI is InChI=1S/C25H30N6O2S/c1-30(25(17-26)11-5-2-6-12-25)22(32)16-34-24-29-28-23(31(24)15-18-8-7-13-33-18)20-14-27-21-10-4-3-9-19(20)21/h3-4,9-10,14,18,27H,2,5-8,11-13,15-16H2,1H3. The number of carbonyl (C=O) groups excluding carboxylic acids is 1. The molecule has 2 aromatic heterocycles. The predicted octanol–water partition coefficient (Wildman–Crippen LogP) is 4.38. The average molecular weight is 479 g/mol. The zero-order valence-corrected chi connectivity index (χ0v) is 20.3. The lowest BCUT2D eigenvalue weighted by Gasteiger charge is -2.39. The number of benzene rings is 1. The van der Waals surface area contributed by atoms with E-state index >= 15 is 0 Å². The van der Waals surface area contributed by atoms with Gasteiger partial charge in [-0.1, -0.05) is 49.2 Å². The molecule has 1 aromatic carbocycles. The van der Waals surface area contributed by atoms with E-state index in [-0.39, 0.29) is 17.8 Å². The van der Waals surface area contributed by atoms with Crippen LogP contribution in [0.4, 0.5) is 0 Å². The van der Waals surface area contributed by atoms with Crippen molar-refractivity contribution in [3.05, 3.63) is 30.5 Å². The van der Waals surface area contributed by atoms with Crippen LogP contribution >= 0.6 is 11.8 Å². The van der Waals surface area contributed by atoms with Crippen molar-refractivity contribution in [3.8, 4) is 17.5 Å². The van der Waals surface area contributed by atoms with Crippen molar-refractivity contribution >= 4 is 28.6 Å². The molecule has 178 valence electrons. The molecule has 3 heterocycles. The van der Waals surface area contributed by atoms with Crippen molar-refractivity contribution in [2.45, 2.75) is 68.3 Å². The van der Waals surface area contributed by atoms with Crippen LogP contribution in [0.5, 0.6) is 0 Å². The monoisotopic (exact) mass is 478 g/mol. The molecular formula is C25H30N6O2S. The molecule has 0 bridgehead atoms. The fourth-order valence-corrected chi connectivity index (χ4v) is 5.99. The number of nitrogens with zero attached hydrogens (tertiary/aromatic N) is 5. The molecule has 1 unspecified atom stereocenters.